The molecule has 0 aromatic carbocycles. The van der Waals surface area contributed by atoms with Crippen molar-refractivity contribution in [2.45, 2.75) is 13.5 Å². The quantitative estimate of drug-likeness (QED) is 0.804. The third-order valence-corrected chi connectivity index (χ3v) is 1.62. The summed E-state index contributed by atoms with van der Waals surface area (Å²) in [5, 5.41) is 3.40. The Morgan fingerprint density at radius 1 is 1.44 bits per heavy atom. The highest BCUT2D eigenvalue weighted by atomic mass is 35.5. The molecule has 0 aliphatic carbocycles. The van der Waals surface area contributed by atoms with E-state index < -0.39 is 6.61 Å². The lowest BCUT2D eigenvalue weighted by atomic mass is 10.7. The fraction of sp³-hybridized carbons (Fsp3) is 0.571. The van der Waals surface area contributed by atoms with Crippen molar-refractivity contribution < 1.29 is 13.6 Å². The Morgan fingerprint density at radius 2 is 2.12 bits per heavy atom. The van der Waals surface area contributed by atoms with E-state index in [2.05, 4.69) is 25.1 Å². The fourth-order valence-corrected chi connectivity index (χ4v) is 1.04. The minimum absolute atomic E-state index is 0.101. The van der Waals surface area contributed by atoms with Crippen molar-refractivity contribution in [3.05, 3.63) is 5.28 Å². The zero-order valence-corrected chi connectivity index (χ0v) is 9.37. The van der Waals surface area contributed by atoms with Gasteiger partial charge in [0, 0.05) is 13.6 Å². The van der Waals surface area contributed by atoms with Gasteiger partial charge in [-0.3, -0.25) is 0 Å². The zero-order chi connectivity index (χ0) is 12.1. The number of aromatic nitrogens is 3. The Labute approximate surface area is 95.6 Å². The predicted octanol–water partition coefficient (Wildman–Crippen LogP) is 1.55. The smallest absolute Gasteiger partial charge is 0.354 e. The molecule has 0 amide bonds. The Morgan fingerprint density at radius 3 is 2.69 bits per heavy atom. The maximum atomic E-state index is 11.9. The second kappa shape index (κ2) is 5.71. The normalized spacial score (nSPS) is 10.6. The molecule has 90 valence electrons. The molecule has 0 saturated carbocycles. The van der Waals surface area contributed by atoms with Crippen LogP contribution in [0.25, 0.3) is 0 Å². The number of halogens is 3. The first-order valence-corrected chi connectivity index (χ1v) is 4.74. The first-order valence-electron chi connectivity index (χ1n) is 4.37. The number of anilines is 2. The van der Waals surface area contributed by atoms with Crippen LogP contribution < -0.4 is 10.4 Å². The number of hydrogen-bond acceptors (Lipinski definition) is 6. The van der Waals surface area contributed by atoms with Gasteiger partial charge in [0.2, 0.25) is 11.2 Å². The summed E-state index contributed by atoms with van der Waals surface area (Å²) in [6.45, 7) is -0.557. The SMILES string of the molecule is CCNc1nc(Cl)nc(N(C)OC(F)F)n1. The molecule has 16 heavy (non-hydrogen) atoms. The Bertz CT molecular complexity index is 354. The third-order valence-electron chi connectivity index (χ3n) is 1.45. The van der Waals surface area contributed by atoms with Crippen molar-refractivity contribution in [1.29, 1.82) is 0 Å². The van der Waals surface area contributed by atoms with E-state index in [9.17, 15) is 8.78 Å². The van der Waals surface area contributed by atoms with Crippen LogP contribution in [0.2, 0.25) is 5.28 Å². The molecule has 0 aliphatic rings. The van der Waals surface area contributed by atoms with E-state index in [0.717, 1.165) is 5.06 Å². The molecule has 1 aromatic rings. The summed E-state index contributed by atoms with van der Waals surface area (Å²) in [4.78, 5) is 15.3. The lowest BCUT2D eigenvalue weighted by molar-refractivity contribution is -0.136. The zero-order valence-electron chi connectivity index (χ0n) is 8.62. The summed E-state index contributed by atoms with van der Waals surface area (Å²) in [5.74, 6) is 0.0958. The van der Waals surface area contributed by atoms with Gasteiger partial charge in [-0.15, -0.1) is 0 Å². The maximum Gasteiger partial charge on any atom is 0.365 e. The first kappa shape index (κ1) is 12.8. The number of alkyl halides is 2. The van der Waals surface area contributed by atoms with Crippen molar-refractivity contribution >= 4 is 23.5 Å². The lowest BCUT2D eigenvalue weighted by Crippen LogP contribution is -2.24. The van der Waals surface area contributed by atoms with Gasteiger partial charge in [0.15, 0.2) is 0 Å². The molecule has 9 heteroatoms. The minimum Gasteiger partial charge on any atom is -0.354 e. The van der Waals surface area contributed by atoms with Crippen molar-refractivity contribution in [1.82, 2.24) is 15.0 Å². The summed E-state index contributed by atoms with van der Waals surface area (Å²) in [6, 6.07) is 0. The van der Waals surface area contributed by atoms with Crippen LogP contribution in [-0.4, -0.2) is 35.2 Å². The van der Waals surface area contributed by atoms with Crippen LogP contribution >= 0.6 is 11.6 Å². The number of hydrogen-bond donors (Lipinski definition) is 1. The van der Waals surface area contributed by atoms with E-state index >= 15 is 0 Å². The molecule has 0 spiro atoms. The van der Waals surface area contributed by atoms with Crippen molar-refractivity contribution in [2.24, 2.45) is 0 Å². The monoisotopic (exact) mass is 253 g/mol. The molecule has 0 unspecified atom stereocenters. The number of rotatable bonds is 5. The van der Waals surface area contributed by atoms with Gasteiger partial charge in [-0.1, -0.05) is 0 Å². The van der Waals surface area contributed by atoms with Crippen LogP contribution in [-0.2, 0) is 4.84 Å². The van der Waals surface area contributed by atoms with Crippen molar-refractivity contribution in [3.8, 4) is 0 Å². The van der Waals surface area contributed by atoms with E-state index in [1.165, 1.54) is 7.05 Å². The Balaban J connectivity index is 2.86. The van der Waals surface area contributed by atoms with Gasteiger partial charge < -0.3 is 5.32 Å². The van der Waals surface area contributed by atoms with Crippen LogP contribution in [0.5, 0.6) is 0 Å². The van der Waals surface area contributed by atoms with Gasteiger partial charge in [-0.25, -0.2) is 9.90 Å². The number of nitrogens with zero attached hydrogens (tertiary/aromatic N) is 4. The van der Waals surface area contributed by atoms with Crippen LogP contribution in [0.15, 0.2) is 0 Å². The highest BCUT2D eigenvalue weighted by molar-refractivity contribution is 6.28. The molecule has 1 N–H and O–H groups in total. The number of hydroxylamine groups is 1. The molecule has 1 aromatic heterocycles. The third kappa shape index (κ3) is 3.70. The highest BCUT2D eigenvalue weighted by Crippen LogP contribution is 2.14. The average molecular weight is 254 g/mol. The summed E-state index contributed by atoms with van der Waals surface area (Å²) in [6.07, 6.45) is 0. The second-order valence-corrected chi connectivity index (χ2v) is 2.96. The Hall–Kier alpha value is -1.28. The van der Waals surface area contributed by atoms with E-state index in [4.69, 9.17) is 11.6 Å². The summed E-state index contributed by atoms with van der Waals surface area (Å²) >= 11 is 5.59. The summed E-state index contributed by atoms with van der Waals surface area (Å²) < 4.78 is 23.9. The van der Waals surface area contributed by atoms with Crippen LogP contribution in [0.1, 0.15) is 6.92 Å². The molecule has 0 fully saturated rings. The molecule has 0 radical (unpaired) electrons. The maximum absolute atomic E-state index is 11.9. The topological polar surface area (TPSA) is 63.2 Å². The molecular formula is C7H10ClF2N5O. The van der Waals surface area contributed by atoms with Crippen LogP contribution in [0, 0.1) is 0 Å². The van der Waals surface area contributed by atoms with Crippen molar-refractivity contribution in [2.75, 3.05) is 24.0 Å². The van der Waals surface area contributed by atoms with Crippen LogP contribution in [0.3, 0.4) is 0 Å². The van der Waals surface area contributed by atoms with Gasteiger partial charge >= 0.3 is 6.61 Å². The first-order chi connectivity index (χ1) is 7.52. The largest absolute Gasteiger partial charge is 0.365 e. The molecule has 0 saturated heterocycles. The van der Waals surface area contributed by atoms with E-state index in [-0.39, 0.29) is 17.2 Å². The van der Waals surface area contributed by atoms with Crippen molar-refractivity contribution in [3.63, 3.8) is 0 Å². The molecule has 0 atom stereocenters. The lowest BCUT2D eigenvalue weighted by Gasteiger charge is -2.15. The Kier molecular flexibility index (Phi) is 4.56. The minimum atomic E-state index is -2.96. The molecular weight excluding hydrogens is 244 g/mol. The van der Waals surface area contributed by atoms with E-state index in [0.29, 0.717) is 6.54 Å². The molecule has 1 rings (SSSR count). The standard InChI is InChI=1S/C7H10ClF2N5O/c1-3-11-6-12-4(8)13-7(14-6)15(2)16-5(9)10/h5H,3H2,1-2H3,(H,11,12,13,14). The summed E-state index contributed by atoms with van der Waals surface area (Å²) in [7, 11) is 1.24. The highest BCUT2D eigenvalue weighted by Gasteiger charge is 2.13. The van der Waals surface area contributed by atoms with Gasteiger partial charge in [-0.2, -0.15) is 23.7 Å². The van der Waals surface area contributed by atoms with Gasteiger partial charge in [0.05, 0.1) is 0 Å². The van der Waals surface area contributed by atoms with E-state index in [1.54, 1.807) is 0 Å². The van der Waals surface area contributed by atoms with Gasteiger partial charge in [0.25, 0.3) is 5.95 Å². The van der Waals surface area contributed by atoms with Crippen LogP contribution in [0.4, 0.5) is 20.7 Å². The molecule has 1 heterocycles. The second-order valence-electron chi connectivity index (χ2n) is 2.62. The molecule has 6 nitrogen and oxygen atoms in total. The van der Waals surface area contributed by atoms with E-state index in [1.807, 2.05) is 6.92 Å². The van der Waals surface area contributed by atoms with Gasteiger partial charge in [0.1, 0.15) is 0 Å². The number of nitrogens with one attached hydrogen (secondary N) is 1. The molecule has 0 aliphatic heterocycles. The predicted molar refractivity (Wildman–Crippen MR) is 54.5 cm³/mol. The molecule has 0 bridgehead atoms. The van der Waals surface area contributed by atoms with Gasteiger partial charge in [-0.05, 0) is 18.5 Å². The fourth-order valence-electron chi connectivity index (χ4n) is 0.884. The average Bonchev–Trinajstić information content (AvgIpc) is 2.16. The summed E-state index contributed by atoms with van der Waals surface area (Å²) in [5.41, 5.74) is 0.